The van der Waals surface area contributed by atoms with Crippen molar-refractivity contribution in [1.82, 2.24) is 0 Å². The van der Waals surface area contributed by atoms with Crippen molar-refractivity contribution in [3.8, 4) is 17.2 Å². The Hall–Kier alpha value is -2.08. The summed E-state index contributed by atoms with van der Waals surface area (Å²) < 4.78 is 46.7. The first-order valence-corrected chi connectivity index (χ1v) is 6.65. The number of hydrogen-bond acceptors (Lipinski definition) is 3. The smallest absolute Gasteiger partial charge is 0.422 e. The van der Waals surface area contributed by atoms with Crippen molar-refractivity contribution in [2.24, 2.45) is 0 Å². The summed E-state index contributed by atoms with van der Waals surface area (Å²) in [7, 11) is 0. The highest BCUT2D eigenvalue weighted by Gasteiger charge is 2.28. The summed E-state index contributed by atoms with van der Waals surface area (Å²) in [6, 6.07) is 9.15. The van der Waals surface area contributed by atoms with Crippen LogP contribution in [0.25, 0.3) is 0 Å². The minimum Gasteiger partial charge on any atom is -0.484 e. The van der Waals surface area contributed by atoms with Crippen LogP contribution < -0.4 is 15.2 Å². The molecule has 2 rings (SSSR count). The average molecular weight is 332 g/mol. The number of alkyl halides is 3. The lowest BCUT2D eigenvalue weighted by atomic mass is 10.2. The Labute approximate surface area is 130 Å². The first kappa shape index (κ1) is 16.3. The number of halogens is 4. The number of rotatable bonds is 4. The van der Waals surface area contributed by atoms with Crippen molar-refractivity contribution in [2.75, 3.05) is 12.3 Å². The molecule has 0 bridgehead atoms. The van der Waals surface area contributed by atoms with Gasteiger partial charge in [-0.3, -0.25) is 0 Å². The third-order valence-electron chi connectivity index (χ3n) is 2.67. The highest BCUT2D eigenvalue weighted by molar-refractivity contribution is 6.31. The number of nitrogen functional groups attached to an aromatic ring is 1. The molecule has 0 atom stereocenters. The van der Waals surface area contributed by atoms with Gasteiger partial charge in [-0.05, 0) is 30.7 Å². The lowest BCUT2D eigenvalue weighted by Gasteiger charge is -2.12. The predicted molar refractivity (Wildman–Crippen MR) is 78.7 cm³/mol. The second-order valence-corrected chi connectivity index (χ2v) is 5.06. The molecular weight excluding hydrogens is 319 g/mol. The maximum atomic E-state index is 12.2. The third-order valence-corrected chi connectivity index (χ3v) is 3.09. The minimum atomic E-state index is -4.42. The summed E-state index contributed by atoms with van der Waals surface area (Å²) in [5.41, 5.74) is 6.70. The topological polar surface area (TPSA) is 44.5 Å². The molecule has 0 aliphatic rings. The third kappa shape index (κ3) is 4.73. The molecule has 2 aromatic rings. The lowest BCUT2D eigenvalue weighted by molar-refractivity contribution is -0.153. The monoisotopic (exact) mass is 331 g/mol. The fourth-order valence-electron chi connectivity index (χ4n) is 1.72. The van der Waals surface area contributed by atoms with Crippen molar-refractivity contribution >= 4 is 17.3 Å². The van der Waals surface area contributed by atoms with Crippen molar-refractivity contribution in [1.29, 1.82) is 0 Å². The van der Waals surface area contributed by atoms with Gasteiger partial charge in [0.25, 0.3) is 0 Å². The predicted octanol–water partition coefficient (Wildman–Crippen LogP) is 4.96. The van der Waals surface area contributed by atoms with Gasteiger partial charge in [0.05, 0.1) is 0 Å². The van der Waals surface area contributed by atoms with Crippen LogP contribution in [0.2, 0.25) is 5.02 Å². The van der Waals surface area contributed by atoms with Gasteiger partial charge in [-0.1, -0.05) is 11.6 Å². The van der Waals surface area contributed by atoms with Crippen LogP contribution in [-0.2, 0) is 0 Å². The fraction of sp³-hybridized carbons (Fsp3) is 0.200. The average Bonchev–Trinajstić information content (AvgIpc) is 2.39. The van der Waals surface area contributed by atoms with E-state index in [1.807, 2.05) is 6.92 Å². The zero-order valence-corrected chi connectivity index (χ0v) is 12.3. The molecule has 0 amide bonds. The molecule has 0 heterocycles. The highest BCUT2D eigenvalue weighted by atomic mass is 35.5. The van der Waals surface area contributed by atoms with E-state index < -0.39 is 12.8 Å². The van der Waals surface area contributed by atoms with Crippen LogP contribution in [0, 0.1) is 6.92 Å². The van der Waals surface area contributed by atoms with Crippen LogP contribution in [-0.4, -0.2) is 12.8 Å². The Kier molecular flexibility index (Phi) is 4.71. The Bertz CT molecular complexity index is 674. The molecule has 0 radical (unpaired) electrons. The number of aryl methyl sites for hydroxylation is 1. The summed E-state index contributed by atoms with van der Waals surface area (Å²) in [5.74, 6) is 0.756. The minimum absolute atomic E-state index is 0.0157. The molecule has 0 saturated heterocycles. The van der Waals surface area contributed by atoms with E-state index in [1.54, 1.807) is 18.2 Å². The molecule has 0 aliphatic heterocycles. The van der Waals surface area contributed by atoms with Gasteiger partial charge < -0.3 is 15.2 Å². The zero-order valence-electron chi connectivity index (χ0n) is 11.6. The summed E-state index contributed by atoms with van der Waals surface area (Å²) in [5, 5.41) is 0.592. The second kappa shape index (κ2) is 6.36. The van der Waals surface area contributed by atoms with Crippen molar-refractivity contribution < 1.29 is 22.6 Å². The van der Waals surface area contributed by atoms with Gasteiger partial charge in [0.1, 0.15) is 17.2 Å². The molecule has 7 heteroatoms. The van der Waals surface area contributed by atoms with E-state index >= 15 is 0 Å². The number of benzene rings is 2. The van der Waals surface area contributed by atoms with Crippen LogP contribution in [0.15, 0.2) is 36.4 Å². The van der Waals surface area contributed by atoms with Crippen LogP contribution >= 0.6 is 11.6 Å². The van der Waals surface area contributed by atoms with Gasteiger partial charge in [0.15, 0.2) is 6.61 Å². The zero-order chi connectivity index (χ0) is 16.3. The molecule has 3 nitrogen and oxygen atoms in total. The van der Waals surface area contributed by atoms with Crippen LogP contribution in [0.4, 0.5) is 18.9 Å². The molecular formula is C15H13ClF3NO2. The van der Waals surface area contributed by atoms with E-state index in [0.29, 0.717) is 10.8 Å². The van der Waals surface area contributed by atoms with Gasteiger partial charge in [-0.15, -0.1) is 0 Å². The van der Waals surface area contributed by atoms with E-state index in [9.17, 15) is 13.2 Å². The molecule has 0 fully saturated rings. The highest BCUT2D eigenvalue weighted by Crippen LogP contribution is 2.31. The summed E-state index contributed by atoms with van der Waals surface area (Å²) >= 11 is 5.92. The summed E-state index contributed by atoms with van der Waals surface area (Å²) in [4.78, 5) is 0. The molecule has 118 valence electrons. The second-order valence-electron chi connectivity index (χ2n) is 4.65. The SMILES string of the molecule is Cc1cc(Oc2cc(N)cc(OCC(F)(F)F)c2)ccc1Cl. The fourth-order valence-corrected chi connectivity index (χ4v) is 1.84. The largest absolute Gasteiger partial charge is 0.484 e. The van der Waals surface area contributed by atoms with Crippen LogP contribution in [0.1, 0.15) is 5.56 Å². The Morgan fingerprint density at radius 1 is 1.05 bits per heavy atom. The van der Waals surface area contributed by atoms with Gasteiger partial charge in [-0.2, -0.15) is 13.2 Å². The molecule has 0 saturated carbocycles. The van der Waals surface area contributed by atoms with Crippen LogP contribution in [0.5, 0.6) is 17.2 Å². The maximum absolute atomic E-state index is 12.2. The standard InChI is InChI=1S/C15H13ClF3NO2/c1-9-4-11(2-3-14(9)16)22-13-6-10(20)5-12(7-13)21-8-15(17,18)19/h2-7H,8,20H2,1H3. The van der Waals surface area contributed by atoms with Gasteiger partial charge in [0, 0.05) is 28.9 Å². The van der Waals surface area contributed by atoms with Crippen molar-refractivity contribution in [3.05, 3.63) is 47.0 Å². The molecule has 0 aromatic heterocycles. The summed E-state index contributed by atoms with van der Waals surface area (Å²) in [6.45, 7) is 0.419. The quantitative estimate of drug-likeness (QED) is 0.805. The first-order chi connectivity index (χ1) is 10.2. The molecule has 0 unspecified atom stereocenters. The van der Waals surface area contributed by atoms with E-state index in [4.69, 9.17) is 22.1 Å². The Morgan fingerprint density at radius 3 is 2.36 bits per heavy atom. The number of hydrogen-bond donors (Lipinski definition) is 1. The maximum Gasteiger partial charge on any atom is 0.422 e. The number of ether oxygens (including phenoxy) is 2. The Morgan fingerprint density at radius 2 is 1.73 bits per heavy atom. The molecule has 0 aliphatic carbocycles. The van der Waals surface area contributed by atoms with Gasteiger partial charge in [0.2, 0.25) is 0 Å². The number of anilines is 1. The van der Waals surface area contributed by atoms with Crippen molar-refractivity contribution in [2.45, 2.75) is 13.1 Å². The van der Waals surface area contributed by atoms with Crippen molar-refractivity contribution in [3.63, 3.8) is 0 Å². The summed E-state index contributed by atoms with van der Waals surface area (Å²) in [6.07, 6.45) is -4.42. The van der Waals surface area contributed by atoms with E-state index in [2.05, 4.69) is 4.74 Å². The molecule has 2 N–H and O–H groups in total. The number of nitrogens with two attached hydrogens (primary N) is 1. The lowest BCUT2D eigenvalue weighted by Crippen LogP contribution is -2.19. The van der Waals surface area contributed by atoms with Gasteiger partial charge >= 0.3 is 6.18 Å². The van der Waals surface area contributed by atoms with E-state index in [1.165, 1.54) is 18.2 Å². The first-order valence-electron chi connectivity index (χ1n) is 6.27. The van der Waals surface area contributed by atoms with Gasteiger partial charge in [-0.25, -0.2) is 0 Å². The molecule has 22 heavy (non-hydrogen) atoms. The molecule has 2 aromatic carbocycles. The van der Waals surface area contributed by atoms with E-state index in [0.717, 1.165) is 5.56 Å². The normalized spacial score (nSPS) is 11.3. The Balaban J connectivity index is 2.17. The van der Waals surface area contributed by atoms with Crippen LogP contribution in [0.3, 0.4) is 0 Å². The van der Waals surface area contributed by atoms with E-state index in [-0.39, 0.29) is 17.2 Å². The molecule has 0 spiro atoms.